The Balaban J connectivity index is 2.38. The van der Waals surface area contributed by atoms with Crippen LogP contribution in [0.1, 0.15) is 6.42 Å². The topological polar surface area (TPSA) is 12.0 Å². The maximum atomic E-state index is 3.00. The van der Waals surface area contributed by atoms with Crippen LogP contribution in [-0.4, -0.2) is 0 Å². The average molecular weight is 113 g/mol. The molecule has 0 saturated carbocycles. The Hall–Kier alpha value is -0.370. The van der Waals surface area contributed by atoms with Gasteiger partial charge in [0.15, 0.2) is 0 Å². The first kappa shape index (κ1) is 4.78. The molecule has 0 bridgehead atoms. The van der Waals surface area contributed by atoms with Crippen molar-refractivity contribution in [3.8, 4) is 0 Å². The van der Waals surface area contributed by atoms with Gasteiger partial charge in [-0.3, -0.25) is 0 Å². The first-order valence-electron chi connectivity index (χ1n) is 2.21. The van der Waals surface area contributed by atoms with Gasteiger partial charge in [0.2, 0.25) is 0 Å². The van der Waals surface area contributed by atoms with Gasteiger partial charge in [-0.2, -0.15) is 0 Å². The maximum Gasteiger partial charge on any atom is 0.00385 e. The molecule has 1 N–H and O–H groups in total. The van der Waals surface area contributed by atoms with E-state index < -0.39 is 0 Å². The third kappa shape index (κ3) is 1.69. The van der Waals surface area contributed by atoms with Crippen molar-refractivity contribution < 1.29 is 0 Å². The molecule has 0 aromatic carbocycles. The number of hydrogen-bond donors (Lipinski definition) is 1. The van der Waals surface area contributed by atoms with Crippen molar-refractivity contribution in [1.82, 2.24) is 4.72 Å². The SMILES string of the molecule is C1=CNSC=CC1. The van der Waals surface area contributed by atoms with E-state index in [1.165, 1.54) is 0 Å². The summed E-state index contributed by atoms with van der Waals surface area (Å²) < 4.78 is 3.00. The van der Waals surface area contributed by atoms with Crippen LogP contribution in [0.4, 0.5) is 0 Å². The number of allylic oxidation sites excluding steroid dienone is 2. The van der Waals surface area contributed by atoms with Gasteiger partial charge in [-0.1, -0.05) is 12.2 Å². The molecule has 0 aromatic heterocycles. The Bertz CT molecular complexity index is 84.3. The molecular weight excluding hydrogens is 106 g/mol. The molecule has 7 heavy (non-hydrogen) atoms. The lowest BCUT2D eigenvalue weighted by Gasteiger charge is -1.84. The Morgan fingerprint density at radius 1 is 1.43 bits per heavy atom. The van der Waals surface area contributed by atoms with E-state index in [0.29, 0.717) is 0 Å². The second-order valence-corrected chi connectivity index (χ2v) is 1.99. The van der Waals surface area contributed by atoms with Crippen LogP contribution in [0.2, 0.25) is 0 Å². The van der Waals surface area contributed by atoms with Gasteiger partial charge in [-0.05, 0) is 23.8 Å². The van der Waals surface area contributed by atoms with Crippen LogP contribution < -0.4 is 4.72 Å². The molecule has 0 saturated heterocycles. The van der Waals surface area contributed by atoms with E-state index >= 15 is 0 Å². The third-order valence-electron chi connectivity index (χ3n) is 0.690. The monoisotopic (exact) mass is 113 g/mol. The molecule has 0 amide bonds. The summed E-state index contributed by atoms with van der Waals surface area (Å²) in [5.74, 6) is 0. The van der Waals surface area contributed by atoms with Gasteiger partial charge in [0.25, 0.3) is 0 Å². The predicted molar refractivity (Wildman–Crippen MR) is 33.6 cm³/mol. The summed E-state index contributed by atoms with van der Waals surface area (Å²) in [5, 5.41) is 2.04. The van der Waals surface area contributed by atoms with Crippen molar-refractivity contribution in [2.75, 3.05) is 0 Å². The molecule has 0 unspecified atom stereocenters. The third-order valence-corrected chi connectivity index (χ3v) is 1.29. The highest BCUT2D eigenvalue weighted by Gasteiger charge is 1.77. The molecule has 1 aliphatic rings. The van der Waals surface area contributed by atoms with E-state index in [1.807, 2.05) is 11.6 Å². The molecule has 0 fully saturated rings. The van der Waals surface area contributed by atoms with Crippen molar-refractivity contribution >= 4 is 11.9 Å². The summed E-state index contributed by atoms with van der Waals surface area (Å²) in [6, 6.07) is 0. The summed E-state index contributed by atoms with van der Waals surface area (Å²) in [6.07, 6.45) is 7.20. The van der Waals surface area contributed by atoms with Crippen molar-refractivity contribution in [3.63, 3.8) is 0 Å². The molecule has 0 radical (unpaired) electrons. The Morgan fingerprint density at radius 3 is 3.43 bits per heavy atom. The van der Waals surface area contributed by atoms with Gasteiger partial charge in [-0.25, -0.2) is 0 Å². The second kappa shape index (κ2) is 2.75. The Kier molecular flexibility index (Phi) is 1.88. The maximum absolute atomic E-state index is 3.00. The lowest BCUT2D eigenvalue weighted by Crippen LogP contribution is -1.83. The molecule has 2 heteroatoms. The van der Waals surface area contributed by atoms with E-state index in [1.54, 1.807) is 11.9 Å². The molecule has 1 aliphatic heterocycles. The second-order valence-electron chi connectivity index (χ2n) is 1.25. The van der Waals surface area contributed by atoms with E-state index in [9.17, 15) is 0 Å². The molecule has 0 aromatic rings. The van der Waals surface area contributed by atoms with Crippen LogP contribution in [-0.2, 0) is 0 Å². The minimum atomic E-state index is 1.06. The highest BCUT2D eigenvalue weighted by molar-refractivity contribution is 8.00. The van der Waals surface area contributed by atoms with Crippen LogP contribution in [0, 0.1) is 0 Å². The lowest BCUT2D eigenvalue weighted by atomic mass is 10.4. The first-order chi connectivity index (χ1) is 3.50. The zero-order valence-corrected chi connectivity index (χ0v) is 4.74. The summed E-state index contributed by atoms with van der Waals surface area (Å²) in [5.41, 5.74) is 0. The normalized spacial score (nSPS) is 18.3. The van der Waals surface area contributed by atoms with E-state index in [2.05, 4.69) is 16.9 Å². The molecule has 0 spiro atoms. The van der Waals surface area contributed by atoms with Gasteiger partial charge >= 0.3 is 0 Å². The number of hydrogen-bond acceptors (Lipinski definition) is 2. The summed E-state index contributed by atoms with van der Waals surface area (Å²) >= 11 is 1.60. The molecular formula is C5H7NS. The van der Waals surface area contributed by atoms with Gasteiger partial charge in [0.1, 0.15) is 0 Å². The molecule has 1 heterocycles. The van der Waals surface area contributed by atoms with Gasteiger partial charge in [0, 0.05) is 6.20 Å². The minimum absolute atomic E-state index is 1.06. The zero-order chi connectivity index (χ0) is 4.95. The van der Waals surface area contributed by atoms with Gasteiger partial charge < -0.3 is 4.72 Å². The largest absolute Gasteiger partial charge is 0.333 e. The van der Waals surface area contributed by atoms with Crippen LogP contribution in [0.25, 0.3) is 0 Å². The lowest BCUT2D eigenvalue weighted by molar-refractivity contribution is 1.34. The van der Waals surface area contributed by atoms with Crippen molar-refractivity contribution in [3.05, 3.63) is 23.8 Å². The van der Waals surface area contributed by atoms with Crippen LogP contribution in [0.15, 0.2) is 23.8 Å². The molecule has 0 aliphatic carbocycles. The molecule has 0 atom stereocenters. The highest BCUT2D eigenvalue weighted by atomic mass is 32.2. The average Bonchev–Trinajstić information content (AvgIpc) is 1.90. The molecule has 1 rings (SSSR count). The van der Waals surface area contributed by atoms with Crippen LogP contribution in [0.5, 0.6) is 0 Å². The van der Waals surface area contributed by atoms with E-state index in [0.717, 1.165) is 6.42 Å². The van der Waals surface area contributed by atoms with E-state index in [4.69, 9.17) is 0 Å². The standard InChI is InChI=1S/C5H7NS/c1-2-4-6-7-5-3-1/h2-6H,1H2. The summed E-state index contributed by atoms with van der Waals surface area (Å²) in [7, 11) is 0. The first-order valence-corrected chi connectivity index (χ1v) is 3.09. The summed E-state index contributed by atoms with van der Waals surface area (Å²) in [4.78, 5) is 0. The quantitative estimate of drug-likeness (QED) is 0.479. The van der Waals surface area contributed by atoms with Crippen LogP contribution >= 0.6 is 11.9 Å². The van der Waals surface area contributed by atoms with E-state index in [-0.39, 0.29) is 0 Å². The van der Waals surface area contributed by atoms with Crippen molar-refractivity contribution in [1.29, 1.82) is 0 Å². The number of rotatable bonds is 0. The predicted octanol–water partition coefficient (Wildman–Crippen LogP) is 1.66. The summed E-state index contributed by atoms with van der Waals surface area (Å²) in [6.45, 7) is 0. The smallest absolute Gasteiger partial charge is 0.00385 e. The van der Waals surface area contributed by atoms with Gasteiger partial charge in [0.05, 0.1) is 0 Å². The zero-order valence-electron chi connectivity index (χ0n) is 3.92. The fourth-order valence-electron chi connectivity index (χ4n) is 0.377. The van der Waals surface area contributed by atoms with Crippen molar-refractivity contribution in [2.45, 2.75) is 6.42 Å². The Morgan fingerprint density at radius 2 is 2.43 bits per heavy atom. The van der Waals surface area contributed by atoms with Gasteiger partial charge in [-0.15, -0.1) is 0 Å². The molecule has 38 valence electrons. The fraction of sp³-hybridized carbons (Fsp3) is 0.200. The van der Waals surface area contributed by atoms with Crippen molar-refractivity contribution in [2.24, 2.45) is 0 Å². The van der Waals surface area contributed by atoms with Crippen LogP contribution in [0.3, 0.4) is 0 Å². The highest BCUT2D eigenvalue weighted by Crippen LogP contribution is 2.00. The fourth-order valence-corrected chi connectivity index (χ4v) is 0.838. The minimum Gasteiger partial charge on any atom is -0.333 e. The number of nitrogens with one attached hydrogen (secondary N) is 1. The Labute approximate surface area is 47.6 Å². The molecule has 1 nitrogen and oxygen atoms in total.